The van der Waals surface area contributed by atoms with Gasteiger partial charge in [0.05, 0.1) is 5.92 Å². The van der Waals surface area contributed by atoms with Crippen molar-refractivity contribution in [3.8, 4) is 5.88 Å². The molecule has 1 N–H and O–H groups in total. The molecule has 144 valence electrons. The molecule has 0 aliphatic carbocycles. The maximum Gasteiger partial charge on any atom is 0.388 e. The molecule has 1 aliphatic heterocycles. The first-order valence-electron chi connectivity index (χ1n) is 8.50. The molecule has 1 aromatic heterocycles. The summed E-state index contributed by atoms with van der Waals surface area (Å²) in [4.78, 5) is 26.4. The Hall–Kier alpha value is -2.97. The van der Waals surface area contributed by atoms with Crippen LogP contribution in [0.5, 0.6) is 5.88 Å². The van der Waals surface area contributed by atoms with Crippen LogP contribution < -0.4 is 15.0 Å². The van der Waals surface area contributed by atoms with Crippen molar-refractivity contribution in [3.63, 3.8) is 0 Å². The van der Waals surface area contributed by atoms with Crippen LogP contribution in [0.1, 0.15) is 24.7 Å². The van der Waals surface area contributed by atoms with E-state index < -0.39 is 24.3 Å². The average molecular weight is 379 g/mol. The SMILES string of the molecule is CCc1ccc(N2C[C@H](C(=O)Nc3c(OC(F)F)noc3C)CC2=O)cc1. The summed E-state index contributed by atoms with van der Waals surface area (Å²) in [7, 11) is 0. The van der Waals surface area contributed by atoms with E-state index in [0.717, 1.165) is 17.7 Å². The van der Waals surface area contributed by atoms with E-state index in [1.165, 1.54) is 6.92 Å². The van der Waals surface area contributed by atoms with Gasteiger partial charge in [0.25, 0.3) is 5.88 Å². The number of alkyl halides is 2. The van der Waals surface area contributed by atoms with E-state index in [0.29, 0.717) is 0 Å². The Labute approximate surface area is 154 Å². The zero-order valence-corrected chi connectivity index (χ0v) is 14.9. The molecule has 1 fully saturated rings. The van der Waals surface area contributed by atoms with Crippen molar-refractivity contribution in [1.29, 1.82) is 0 Å². The molecule has 1 saturated heterocycles. The first kappa shape index (κ1) is 18.8. The second kappa shape index (κ2) is 7.73. The Morgan fingerprint density at radius 2 is 2.11 bits per heavy atom. The van der Waals surface area contributed by atoms with E-state index in [-0.39, 0.29) is 30.3 Å². The first-order valence-corrected chi connectivity index (χ1v) is 8.50. The minimum atomic E-state index is -3.10. The van der Waals surface area contributed by atoms with Crippen molar-refractivity contribution in [2.75, 3.05) is 16.8 Å². The molecule has 1 aliphatic rings. The van der Waals surface area contributed by atoms with E-state index in [1.54, 1.807) is 4.90 Å². The number of aromatic nitrogens is 1. The lowest BCUT2D eigenvalue weighted by molar-refractivity contribution is -0.122. The lowest BCUT2D eigenvalue weighted by atomic mass is 10.1. The fraction of sp³-hybridized carbons (Fsp3) is 0.389. The fourth-order valence-electron chi connectivity index (χ4n) is 2.93. The highest BCUT2D eigenvalue weighted by molar-refractivity contribution is 6.04. The third kappa shape index (κ3) is 4.07. The summed E-state index contributed by atoms with van der Waals surface area (Å²) in [5, 5.41) is 5.84. The monoisotopic (exact) mass is 379 g/mol. The van der Waals surface area contributed by atoms with Crippen LogP contribution in [-0.2, 0) is 16.0 Å². The predicted molar refractivity (Wildman–Crippen MR) is 92.8 cm³/mol. The highest BCUT2D eigenvalue weighted by Gasteiger charge is 2.36. The van der Waals surface area contributed by atoms with E-state index in [9.17, 15) is 18.4 Å². The molecule has 0 bridgehead atoms. The van der Waals surface area contributed by atoms with Gasteiger partial charge in [-0.05, 0) is 36.2 Å². The smallest absolute Gasteiger partial charge is 0.388 e. The molecule has 1 aromatic carbocycles. The number of hydrogen-bond donors (Lipinski definition) is 1. The number of ether oxygens (including phenoxy) is 1. The molecule has 2 heterocycles. The number of rotatable bonds is 6. The van der Waals surface area contributed by atoms with Gasteiger partial charge in [-0.3, -0.25) is 9.59 Å². The van der Waals surface area contributed by atoms with Gasteiger partial charge in [0.2, 0.25) is 11.8 Å². The van der Waals surface area contributed by atoms with Crippen molar-refractivity contribution in [1.82, 2.24) is 5.16 Å². The largest absolute Gasteiger partial charge is 0.412 e. The molecule has 2 amide bonds. The summed E-state index contributed by atoms with van der Waals surface area (Å²) in [6, 6.07) is 7.56. The van der Waals surface area contributed by atoms with Gasteiger partial charge >= 0.3 is 6.61 Å². The lowest BCUT2D eigenvalue weighted by Crippen LogP contribution is -2.28. The molecule has 2 aromatic rings. The van der Waals surface area contributed by atoms with Crippen molar-refractivity contribution >= 4 is 23.2 Å². The standard InChI is InChI=1S/C18H19F2N3O4/c1-3-11-4-6-13(7-5-11)23-9-12(8-14(23)24)16(25)21-15-10(2)27-22-17(15)26-18(19)20/h4-7,12,18H,3,8-9H2,1-2H3,(H,21,25)/t12-/m1/s1. The molecule has 7 nitrogen and oxygen atoms in total. The van der Waals surface area contributed by atoms with Crippen molar-refractivity contribution in [3.05, 3.63) is 35.6 Å². The molecular formula is C18H19F2N3O4. The molecule has 27 heavy (non-hydrogen) atoms. The van der Waals surface area contributed by atoms with Gasteiger partial charge < -0.3 is 19.5 Å². The number of nitrogens with zero attached hydrogens (tertiary/aromatic N) is 2. The lowest BCUT2D eigenvalue weighted by Gasteiger charge is -2.17. The number of amides is 2. The van der Waals surface area contributed by atoms with Gasteiger partial charge in [-0.25, -0.2) is 0 Å². The summed E-state index contributed by atoms with van der Waals surface area (Å²) < 4.78 is 33.9. The molecule has 1 atom stereocenters. The quantitative estimate of drug-likeness (QED) is 0.834. The van der Waals surface area contributed by atoms with E-state index in [1.807, 2.05) is 31.2 Å². The van der Waals surface area contributed by atoms with Gasteiger partial charge in [-0.15, -0.1) is 0 Å². The molecule has 0 saturated carbocycles. The highest BCUT2D eigenvalue weighted by atomic mass is 19.3. The molecule has 3 rings (SSSR count). The number of anilines is 2. The number of carbonyl (C=O) groups is 2. The summed E-state index contributed by atoms with van der Waals surface area (Å²) in [6.45, 7) is 0.600. The maximum absolute atomic E-state index is 12.5. The van der Waals surface area contributed by atoms with Crippen molar-refractivity contribution in [2.24, 2.45) is 5.92 Å². The fourth-order valence-corrected chi connectivity index (χ4v) is 2.93. The van der Waals surface area contributed by atoms with Crippen LogP contribution in [0.15, 0.2) is 28.8 Å². The zero-order chi connectivity index (χ0) is 19.6. The second-order valence-corrected chi connectivity index (χ2v) is 6.21. The van der Waals surface area contributed by atoms with Gasteiger partial charge in [-0.1, -0.05) is 19.1 Å². The summed E-state index contributed by atoms with van der Waals surface area (Å²) >= 11 is 0. The molecule has 0 spiro atoms. The van der Waals surface area contributed by atoms with E-state index in [2.05, 4.69) is 15.2 Å². The van der Waals surface area contributed by atoms with Gasteiger partial charge in [0.1, 0.15) is 5.69 Å². The summed E-state index contributed by atoms with van der Waals surface area (Å²) in [5.41, 5.74) is 1.81. The Kier molecular flexibility index (Phi) is 5.38. The van der Waals surface area contributed by atoms with Gasteiger partial charge in [0.15, 0.2) is 5.76 Å². The minimum Gasteiger partial charge on any atom is -0.412 e. The molecule has 9 heteroatoms. The van der Waals surface area contributed by atoms with Crippen LogP contribution in [0.3, 0.4) is 0 Å². The molecular weight excluding hydrogens is 360 g/mol. The molecule has 0 unspecified atom stereocenters. The van der Waals surface area contributed by atoms with Crippen molar-refractivity contribution < 1.29 is 27.6 Å². The first-order chi connectivity index (χ1) is 12.9. The van der Waals surface area contributed by atoms with E-state index in [4.69, 9.17) is 4.52 Å². The third-order valence-corrected chi connectivity index (χ3v) is 4.43. The predicted octanol–water partition coefficient (Wildman–Crippen LogP) is 3.14. The van der Waals surface area contributed by atoms with Crippen LogP contribution in [0.2, 0.25) is 0 Å². The Balaban J connectivity index is 1.70. The number of halogens is 2. The van der Waals surface area contributed by atoms with Crippen LogP contribution >= 0.6 is 0 Å². The van der Waals surface area contributed by atoms with Crippen LogP contribution in [-0.4, -0.2) is 30.1 Å². The zero-order valence-electron chi connectivity index (χ0n) is 14.9. The second-order valence-electron chi connectivity index (χ2n) is 6.21. The topological polar surface area (TPSA) is 84.7 Å². The summed E-state index contributed by atoms with van der Waals surface area (Å²) in [6.07, 6.45) is 0.914. The third-order valence-electron chi connectivity index (χ3n) is 4.43. The normalized spacial score (nSPS) is 16.9. The maximum atomic E-state index is 12.5. The van der Waals surface area contributed by atoms with Gasteiger partial charge in [-0.2, -0.15) is 8.78 Å². The number of carbonyl (C=O) groups excluding carboxylic acids is 2. The Morgan fingerprint density at radius 3 is 2.74 bits per heavy atom. The number of aryl methyl sites for hydroxylation is 2. The Morgan fingerprint density at radius 1 is 1.41 bits per heavy atom. The van der Waals surface area contributed by atoms with E-state index >= 15 is 0 Å². The van der Waals surface area contributed by atoms with Crippen molar-refractivity contribution in [2.45, 2.75) is 33.3 Å². The Bertz CT molecular complexity index is 836. The van der Waals surface area contributed by atoms with Crippen LogP contribution in [0.4, 0.5) is 20.2 Å². The average Bonchev–Trinajstić information content (AvgIpc) is 3.19. The highest BCUT2D eigenvalue weighted by Crippen LogP contribution is 2.31. The summed E-state index contributed by atoms with van der Waals surface area (Å²) in [5.74, 6) is -1.65. The van der Waals surface area contributed by atoms with Gasteiger partial charge in [0, 0.05) is 18.7 Å². The minimum absolute atomic E-state index is 0.0245. The van der Waals surface area contributed by atoms with Crippen LogP contribution in [0, 0.1) is 12.8 Å². The number of benzene rings is 1. The number of nitrogens with one attached hydrogen (secondary N) is 1. The number of hydrogen-bond acceptors (Lipinski definition) is 5. The molecule has 0 radical (unpaired) electrons. The van der Waals surface area contributed by atoms with Crippen LogP contribution in [0.25, 0.3) is 0 Å².